The first kappa shape index (κ1) is 18.0. The molecule has 0 spiro atoms. The van der Waals surface area contributed by atoms with E-state index in [1.807, 2.05) is 43.3 Å². The van der Waals surface area contributed by atoms with Crippen molar-refractivity contribution in [3.63, 3.8) is 0 Å². The molecule has 5 heteroatoms. The molecule has 0 bridgehead atoms. The van der Waals surface area contributed by atoms with E-state index >= 15 is 0 Å². The average molecular weight is 353 g/mol. The van der Waals surface area contributed by atoms with E-state index in [1.54, 1.807) is 31.0 Å². The third-order valence-corrected chi connectivity index (χ3v) is 4.66. The van der Waals surface area contributed by atoms with Crippen molar-refractivity contribution in [1.82, 2.24) is 4.90 Å². The van der Waals surface area contributed by atoms with E-state index in [4.69, 9.17) is 9.47 Å². The third kappa shape index (κ3) is 3.57. The van der Waals surface area contributed by atoms with Crippen LogP contribution in [0.15, 0.2) is 48.5 Å². The van der Waals surface area contributed by atoms with Gasteiger partial charge in [0.25, 0.3) is 5.91 Å². The van der Waals surface area contributed by atoms with E-state index in [0.29, 0.717) is 25.1 Å². The molecule has 0 aromatic heterocycles. The van der Waals surface area contributed by atoms with Gasteiger partial charge in [-0.25, -0.2) is 4.79 Å². The van der Waals surface area contributed by atoms with Crippen LogP contribution in [-0.2, 0) is 16.0 Å². The second-order valence-corrected chi connectivity index (χ2v) is 6.79. The third-order valence-electron chi connectivity index (χ3n) is 4.66. The predicted octanol–water partition coefficient (Wildman–Crippen LogP) is 3.00. The average Bonchev–Trinajstić information content (AvgIpc) is 2.62. The molecular formula is C21H23NO4. The highest BCUT2D eigenvalue weighted by atomic mass is 16.6. The highest BCUT2D eigenvalue weighted by Gasteiger charge is 2.43. The maximum atomic E-state index is 12.9. The van der Waals surface area contributed by atoms with E-state index in [0.717, 1.165) is 16.9 Å². The Morgan fingerprint density at radius 2 is 1.88 bits per heavy atom. The molecule has 0 fully saturated rings. The zero-order valence-corrected chi connectivity index (χ0v) is 15.3. The fraction of sp³-hybridized carbons (Fsp3) is 0.333. The summed E-state index contributed by atoms with van der Waals surface area (Å²) < 4.78 is 11.2. The van der Waals surface area contributed by atoms with Gasteiger partial charge in [0.1, 0.15) is 12.4 Å². The van der Waals surface area contributed by atoms with Crippen molar-refractivity contribution < 1.29 is 19.1 Å². The molecule has 2 aromatic rings. The highest BCUT2D eigenvalue weighted by molar-refractivity contribution is 5.97. The van der Waals surface area contributed by atoms with Crippen molar-refractivity contribution in [3.8, 4) is 5.75 Å². The predicted molar refractivity (Wildman–Crippen MR) is 98.3 cm³/mol. The lowest BCUT2D eigenvalue weighted by molar-refractivity contribution is -0.150. The summed E-state index contributed by atoms with van der Waals surface area (Å²) in [7, 11) is 1.70. The van der Waals surface area contributed by atoms with Gasteiger partial charge in [-0.05, 0) is 37.1 Å². The fourth-order valence-electron chi connectivity index (χ4n) is 3.17. The van der Waals surface area contributed by atoms with E-state index in [9.17, 15) is 9.59 Å². The van der Waals surface area contributed by atoms with Gasteiger partial charge in [-0.1, -0.05) is 36.4 Å². The van der Waals surface area contributed by atoms with Crippen LogP contribution in [0.25, 0.3) is 0 Å². The Morgan fingerprint density at radius 1 is 1.19 bits per heavy atom. The lowest BCUT2D eigenvalue weighted by Crippen LogP contribution is -2.52. The second kappa shape index (κ2) is 7.20. The van der Waals surface area contributed by atoms with Gasteiger partial charge >= 0.3 is 5.97 Å². The Labute approximate surface area is 153 Å². The summed E-state index contributed by atoms with van der Waals surface area (Å²) in [4.78, 5) is 26.7. The monoisotopic (exact) mass is 353 g/mol. The van der Waals surface area contributed by atoms with Crippen LogP contribution in [0, 0.1) is 6.92 Å². The molecule has 1 heterocycles. The van der Waals surface area contributed by atoms with Crippen molar-refractivity contribution in [1.29, 1.82) is 0 Å². The number of amides is 1. The van der Waals surface area contributed by atoms with Gasteiger partial charge in [0.2, 0.25) is 0 Å². The molecule has 1 amide bonds. The quantitative estimate of drug-likeness (QED) is 0.776. The minimum absolute atomic E-state index is 0.228. The largest absolute Gasteiger partial charge is 0.491 e. The molecule has 0 radical (unpaired) electrons. The van der Waals surface area contributed by atoms with Crippen LogP contribution in [0.3, 0.4) is 0 Å². The van der Waals surface area contributed by atoms with Gasteiger partial charge in [-0.15, -0.1) is 0 Å². The summed E-state index contributed by atoms with van der Waals surface area (Å²) >= 11 is 0. The molecule has 3 rings (SSSR count). The zero-order valence-electron chi connectivity index (χ0n) is 15.3. The number of esters is 1. The summed E-state index contributed by atoms with van der Waals surface area (Å²) in [5.41, 5.74) is 1.22. The first-order valence-corrected chi connectivity index (χ1v) is 8.66. The van der Waals surface area contributed by atoms with Gasteiger partial charge in [0.15, 0.2) is 5.60 Å². The van der Waals surface area contributed by atoms with Crippen LogP contribution in [0.2, 0.25) is 0 Å². The van der Waals surface area contributed by atoms with Crippen molar-refractivity contribution in [2.45, 2.75) is 25.9 Å². The number of fused-ring (bicyclic) bond motifs is 1. The number of carbonyl (C=O) groups excluding carboxylic acids is 2. The van der Waals surface area contributed by atoms with Gasteiger partial charge < -0.3 is 14.4 Å². The number of hydrogen-bond donors (Lipinski definition) is 0. The number of nitrogens with zero attached hydrogens (tertiary/aromatic N) is 1. The summed E-state index contributed by atoms with van der Waals surface area (Å²) in [5.74, 6) is 0.124. The summed E-state index contributed by atoms with van der Waals surface area (Å²) in [5, 5.41) is 0. The summed E-state index contributed by atoms with van der Waals surface area (Å²) in [6.45, 7) is 4.42. The number of rotatable bonds is 5. The van der Waals surface area contributed by atoms with Crippen molar-refractivity contribution in [3.05, 3.63) is 65.2 Å². The number of aryl methyl sites for hydroxylation is 1. The highest BCUT2D eigenvalue weighted by Crippen LogP contribution is 2.29. The van der Waals surface area contributed by atoms with Gasteiger partial charge in [-0.2, -0.15) is 0 Å². The van der Waals surface area contributed by atoms with Crippen molar-refractivity contribution >= 4 is 11.9 Å². The zero-order chi connectivity index (χ0) is 18.7. The van der Waals surface area contributed by atoms with E-state index in [2.05, 4.69) is 0 Å². The Kier molecular flexibility index (Phi) is 4.98. The Morgan fingerprint density at radius 3 is 2.65 bits per heavy atom. The van der Waals surface area contributed by atoms with Crippen molar-refractivity contribution in [2.75, 3.05) is 20.2 Å². The Balaban J connectivity index is 1.63. The van der Waals surface area contributed by atoms with Crippen LogP contribution < -0.4 is 4.74 Å². The molecule has 0 saturated heterocycles. The molecular weight excluding hydrogens is 330 g/mol. The molecule has 0 aliphatic carbocycles. The SMILES string of the molecule is Cc1ccccc1OCCN(C)C(=O)C1(C)Cc2ccccc2C(=O)O1. The van der Waals surface area contributed by atoms with Gasteiger partial charge in [-0.3, -0.25) is 4.79 Å². The molecule has 0 saturated carbocycles. The Bertz CT molecular complexity index is 832. The van der Waals surface area contributed by atoms with E-state index in [-0.39, 0.29) is 5.91 Å². The molecule has 0 N–H and O–H groups in total. The van der Waals surface area contributed by atoms with Gasteiger partial charge in [0.05, 0.1) is 12.1 Å². The van der Waals surface area contributed by atoms with E-state index in [1.165, 1.54) is 0 Å². The number of para-hydroxylation sites is 1. The lowest BCUT2D eigenvalue weighted by Gasteiger charge is -2.35. The topological polar surface area (TPSA) is 55.8 Å². The number of likely N-dealkylation sites (N-methyl/N-ethyl adjacent to an activating group) is 1. The van der Waals surface area contributed by atoms with Crippen LogP contribution >= 0.6 is 0 Å². The molecule has 1 aliphatic rings. The van der Waals surface area contributed by atoms with E-state index < -0.39 is 11.6 Å². The summed E-state index contributed by atoms with van der Waals surface area (Å²) in [6.07, 6.45) is 0.372. The van der Waals surface area contributed by atoms with Crippen LogP contribution in [-0.4, -0.2) is 42.6 Å². The standard InChI is InChI=1S/C21H23NO4/c1-15-8-4-7-11-18(15)25-13-12-22(3)20(24)21(2)14-16-9-5-6-10-17(16)19(23)26-21/h4-11H,12-14H2,1-3H3. The minimum atomic E-state index is -1.19. The van der Waals surface area contributed by atoms with Crippen LogP contribution in [0.4, 0.5) is 0 Å². The maximum absolute atomic E-state index is 12.9. The fourth-order valence-corrected chi connectivity index (χ4v) is 3.17. The number of cyclic esters (lactones) is 1. The number of ether oxygens (including phenoxy) is 2. The number of carbonyl (C=O) groups is 2. The first-order chi connectivity index (χ1) is 12.4. The first-order valence-electron chi connectivity index (χ1n) is 8.66. The smallest absolute Gasteiger partial charge is 0.339 e. The van der Waals surface area contributed by atoms with Crippen LogP contribution in [0.5, 0.6) is 5.75 Å². The molecule has 2 aromatic carbocycles. The molecule has 1 unspecified atom stereocenters. The number of hydrogen-bond acceptors (Lipinski definition) is 4. The maximum Gasteiger partial charge on any atom is 0.339 e. The van der Waals surface area contributed by atoms with Gasteiger partial charge in [0, 0.05) is 13.5 Å². The van der Waals surface area contributed by atoms with Crippen LogP contribution in [0.1, 0.15) is 28.4 Å². The molecule has 1 aliphatic heterocycles. The lowest BCUT2D eigenvalue weighted by atomic mass is 9.89. The molecule has 26 heavy (non-hydrogen) atoms. The summed E-state index contributed by atoms with van der Waals surface area (Å²) in [6, 6.07) is 15.0. The molecule has 136 valence electrons. The van der Waals surface area contributed by atoms with Crippen molar-refractivity contribution in [2.24, 2.45) is 0 Å². The molecule has 1 atom stereocenters. The molecule has 5 nitrogen and oxygen atoms in total. The second-order valence-electron chi connectivity index (χ2n) is 6.79. The minimum Gasteiger partial charge on any atom is -0.491 e. The normalized spacial score (nSPS) is 18.7. The number of benzene rings is 2. The Hall–Kier alpha value is -2.82.